The van der Waals surface area contributed by atoms with Crippen LogP contribution in [0.25, 0.3) is 11.9 Å². The molecule has 0 aliphatic carbocycles. The number of aryl methyl sites for hydroxylation is 3. The first-order valence-electron chi connectivity index (χ1n) is 7.31. The van der Waals surface area contributed by atoms with Gasteiger partial charge in [0.2, 0.25) is 0 Å². The van der Waals surface area contributed by atoms with Crippen molar-refractivity contribution in [2.75, 3.05) is 12.0 Å². The molecule has 0 spiro atoms. The SMILES string of the molecule is CSCC/C(C)=C\c1cc(C)cc(-n2c(C)ccc2C)n1. The van der Waals surface area contributed by atoms with Gasteiger partial charge < -0.3 is 4.57 Å². The highest BCUT2D eigenvalue weighted by Crippen LogP contribution is 2.18. The molecular formula is C18H24N2S. The molecule has 0 aliphatic rings. The van der Waals surface area contributed by atoms with Gasteiger partial charge in [0.15, 0.2) is 0 Å². The van der Waals surface area contributed by atoms with Crippen LogP contribution in [0.4, 0.5) is 0 Å². The van der Waals surface area contributed by atoms with Crippen LogP contribution in [0.2, 0.25) is 0 Å². The number of allylic oxidation sites excluding steroid dienone is 1. The number of hydrogen-bond acceptors (Lipinski definition) is 2. The Balaban J connectivity index is 2.38. The molecule has 0 unspecified atom stereocenters. The smallest absolute Gasteiger partial charge is 0.137 e. The molecule has 2 rings (SSSR count). The summed E-state index contributed by atoms with van der Waals surface area (Å²) in [6.45, 7) is 8.56. The van der Waals surface area contributed by atoms with Gasteiger partial charge in [-0.05, 0) is 82.0 Å². The van der Waals surface area contributed by atoms with Crippen molar-refractivity contribution in [2.24, 2.45) is 0 Å². The van der Waals surface area contributed by atoms with Gasteiger partial charge in [0, 0.05) is 11.4 Å². The maximum Gasteiger partial charge on any atom is 0.137 e. The lowest BCUT2D eigenvalue weighted by atomic mass is 10.1. The van der Waals surface area contributed by atoms with E-state index in [1.165, 1.54) is 22.5 Å². The van der Waals surface area contributed by atoms with Gasteiger partial charge in [-0.2, -0.15) is 11.8 Å². The zero-order chi connectivity index (χ0) is 15.4. The third kappa shape index (κ3) is 4.01. The van der Waals surface area contributed by atoms with E-state index in [4.69, 9.17) is 4.98 Å². The van der Waals surface area contributed by atoms with Crippen molar-refractivity contribution in [3.8, 4) is 5.82 Å². The van der Waals surface area contributed by atoms with Crippen LogP contribution in [-0.2, 0) is 0 Å². The molecule has 21 heavy (non-hydrogen) atoms. The van der Waals surface area contributed by atoms with Gasteiger partial charge in [0.05, 0.1) is 5.69 Å². The van der Waals surface area contributed by atoms with E-state index in [0.29, 0.717) is 0 Å². The zero-order valence-corrected chi connectivity index (χ0v) is 14.4. The van der Waals surface area contributed by atoms with E-state index in [0.717, 1.165) is 23.7 Å². The molecule has 0 bridgehead atoms. The van der Waals surface area contributed by atoms with Crippen molar-refractivity contribution >= 4 is 17.8 Å². The topological polar surface area (TPSA) is 17.8 Å². The normalized spacial score (nSPS) is 12.0. The molecule has 0 amide bonds. The maximum absolute atomic E-state index is 4.83. The van der Waals surface area contributed by atoms with Gasteiger partial charge in [0.25, 0.3) is 0 Å². The summed E-state index contributed by atoms with van der Waals surface area (Å²) in [5.74, 6) is 2.18. The standard InChI is InChI=1S/C18H24N2S/c1-13(8-9-21-5)10-17-11-14(2)12-18(19-17)20-15(3)6-7-16(20)4/h6-7,10-12H,8-9H2,1-5H3/b13-10-. The largest absolute Gasteiger partial charge is 0.303 e. The highest BCUT2D eigenvalue weighted by Gasteiger charge is 2.07. The fourth-order valence-corrected chi connectivity index (χ4v) is 3.01. The Kier molecular flexibility index (Phi) is 5.29. The van der Waals surface area contributed by atoms with Crippen molar-refractivity contribution in [1.82, 2.24) is 9.55 Å². The van der Waals surface area contributed by atoms with Gasteiger partial charge in [-0.15, -0.1) is 0 Å². The lowest BCUT2D eigenvalue weighted by molar-refractivity contribution is 0.916. The van der Waals surface area contributed by atoms with E-state index in [9.17, 15) is 0 Å². The van der Waals surface area contributed by atoms with Crippen LogP contribution in [0.5, 0.6) is 0 Å². The van der Waals surface area contributed by atoms with Crippen LogP contribution in [0.15, 0.2) is 29.8 Å². The number of hydrogen-bond donors (Lipinski definition) is 0. The number of rotatable bonds is 5. The molecule has 0 atom stereocenters. The molecule has 0 saturated carbocycles. The fourth-order valence-electron chi connectivity index (χ4n) is 2.48. The molecule has 2 nitrogen and oxygen atoms in total. The second kappa shape index (κ2) is 6.99. The van der Waals surface area contributed by atoms with Crippen molar-refractivity contribution in [2.45, 2.75) is 34.1 Å². The van der Waals surface area contributed by atoms with Gasteiger partial charge >= 0.3 is 0 Å². The van der Waals surface area contributed by atoms with Crippen LogP contribution in [-0.4, -0.2) is 21.6 Å². The Hall–Kier alpha value is -1.48. The monoisotopic (exact) mass is 300 g/mol. The Labute approximate surface area is 132 Å². The maximum atomic E-state index is 4.83. The molecule has 3 heteroatoms. The van der Waals surface area contributed by atoms with Crippen molar-refractivity contribution in [3.05, 3.63) is 52.5 Å². The van der Waals surface area contributed by atoms with Crippen molar-refractivity contribution in [3.63, 3.8) is 0 Å². The number of nitrogens with zero attached hydrogens (tertiary/aromatic N) is 2. The molecular weight excluding hydrogens is 276 g/mol. The molecule has 112 valence electrons. The quantitative estimate of drug-likeness (QED) is 0.777. The summed E-state index contributed by atoms with van der Waals surface area (Å²) in [4.78, 5) is 4.83. The first kappa shape index (κ1) is 15.9. The summed E-state index contributed by atoms with van der Waals surface area (Å²) < 4.78 is 2.21. The Morgan fingerprint density at radius 3 is 2.48 bits per heavy atom. The van der Waals surface area contributed by atoms with E-state index in [2.05, 4.69) is 68.9 Å². The predicted molar refractivity (Wildman–Crippen MR) is 94.4 cm³/mol. The van der Waals surface area contributed by atoms with Crippen LogP contribution >= 0.6 is 11.8 Å². The fraction of sp³-hybridized carbons (Fsp3) is 0.389. The van der Waals surface area contributed by atoms with E-state index in [-0.39, 0.29) is 0 Å². The van der Waals surface area contributed by atoms with E-state index < -0.39 is 0 Å². The number of thioether (sulfide) groups is 1. The van der Waals surface area contributed by atoms with E-state index in [1.807, 2.05) is 11.8 Å². The lowest BCUT2D eigenvalue weighted by Gasteiger charge is -2.11. The summed E-state index contributed by atoms with van der Waals surface area (Å²) in [5, 5.41) is 0. The number of pyridine rings is 1. The summed E-state index contributed by atoms with van der Waals surface area (Å²) in [6, 6.07) is 8.58. The first-order chi connectivity index (χ1) is 10.0. The van der Waals surface area contributed by atoms with Crippen LogP contribution in [0.1, 0.15) is 36.0 Å². The Bertz CT molecular complexity index is 634. The minimum Gasteiger partial charge on any atom is -0.303 e. The zero-order valence-electron chi connectivity index (χ0n) is 13.6. The number of aromatic nitrogens is 2. The Morgan fingerprint density at radius 1 is 1.19 bits per heavy atom. The van der Waals surface area contributed by atoms with Crippen LogP contribution < -0.4 is 0 Å². The van der Waals surface area contributed by atoms with Crippen molar-refractivity contribution < 1.29 is 0 Å². The lowest BCUT2D eigenvalue weighted by Crippen LogP contribution is -2.03. The average Bonchev–Trinajstić information content (AvgIpc) is 2.75. The molecule has 0 N–H and O–H groups in total. The molecule has 2 aromatic heterocycles. The van der Waals surface area contributed by atoms with Gasteiger partial charge in [-0.3, -0.25) is 0 Å². The molecule has 0 aromatic carbocycles. The molecule has 0 radical (unpaired) electrons. The summed E-state index contributed by atoms with van der Waals surface area (Å²) in [7, 11) is 0. The highest BCUT2D eigenvalue weighted by atomic mass is 32.2. The highest BCUT2D eigenvalue weighted by molar-refractivity contribution is 7.98. The van der Waals surface area contributed by atoms with Gasteiger partial charge in [-0.1, -0.05) is 5.57 Å². The third-order valence-corrected chi connectivity index (χ3v) is 4.18. The molecule has 2 aromatic rings. The molecule has 0 aliphatic heterocycles. The molecule has 0 saturated heterocycles. The predicted octanol–water partition coefficient (Wildman–Crippen LogP) is 4.95. The minimum atomic E-state index is 1.01. The molecule has 0 fully saturated rings. The van der Waals surface area contributed by atoms with E-state index in [1.54, 1.807) is 0 Å². The first-order valence-corrected chi connectivity index (χ1v) is 8.71. The summed E-state index contributed by atoms with van der Waals surface area (Å²) in [5.41, 5.74) is 6.13. The summed E-state index contributed by atoms with van der Waals surface area (Å²) >= 11 is 1.88. The summed E-state index contributed by atoms with van der Waals surface area (Å²) in [6.07, 6.45) is 5.47. The van der Waals surface area contributed by atoms with Crippen LogP contribution in [0, 0.1) is 20.8 Å². The van der Waals surface area contributed by atoms with Gasteiger partial charge in [-0.25, -0.2) is 4.98 Å². The van der Waals surface area contributed by atoms with Crippen LogP contribution in [0.3, 0.4) is 0 Å². The Morgan fingerprint density at radius 2 is 1.86 bits per heavy atom. The second-order valence-corrected chi connectivity index (χ2v) is 6.60. The van der Waals surface area contributed by atoms with Crippen molar-refractivity contribution in [1.29, 1.82) is 0 Å². The van der Waals surface area contributed by atoms with Gasteiger partial charge in [0.1, 0.15) is 5.82 Å². The average molecular weight is 300 g/mol. The minimum absolute atomic E-state index is 1.01. The second-order valence-electron chi connectivity index (χ2n) is 5.61. The third-order valence-electron chi connectivity index (χ3n) is 3.57. The molecule has 2 heterocycles. The van der Waals surface area contributed by atoms with E-state index >= 15 is 0 Å².